The average Bonchev–Trinajstić information content (AvgIpc) is 3.37. The number of piperidine rings is 1. The predicted molar refractivity (Wildman–Crippen MR) is 114 cm³/mol. The van der Waals surface area contributed by atoms with Crippen LogP contribution in [0.3, 0.4) is 0 Å². The molecule has 0 aliphatic carbocycles. The fourth-order valence-corrected chi connectivity index (χ4v) is 4.52. The van der Waals surface area contributed by atoms with Gasteiger partial charge in [-0.25, -0.2) is 14.8 Å². The van der Waals surface area contributed by atoms with E-state index >= 15 is 0 Å². The van der Waals surface area contributed by atoms with E-state index in [0.29, 0.717) is 36.8 Å². The van der Waals surface area contributed by atoms with Crippen molar-refractivity contribution in [3.63, 3.8) is 0 Å². The smallest absolute Gasteiger partial charge is 0.348 e. The van der Waals surface area contributed by atoms with Crippen molar-refractivity contribution in [2.24, 2.45) is 0 Å². The number of carboxylic acids is 1. The monoisotopic (exact) mass is 470 g/mol. The molecular weight excluding hydrogens is 448 g/mol. The van der Waals surface area contributed by atoms with Crippen molar-refractivity contribution in [1.82, 2.24) is 25.6 Å². The quantitative estimate of drug-likeness (QED) is 0.471. The summed E-state index contributed by atoms with van der Waals surface area (Å²) in [5.41, 5.74) is 0.565. The average molecular weight is 471 g/mol. The number of nitrogens with one attached hydrogen (secondary N) is 3. The van der Waals surface area contributed by atoms with E-state index in [9.17, 15) is 19.5 Å². The van der Waals surface area contributed by atoms with Gasteiger partial charge in [-0.1, -0.05) is 29.9 Å². The Morgan fingerprint density at radius 1 is 1.35 bits per heavy atom. The van der Waals surface area contributed by atoms with Crippen LogP contribution in [0.1, 0.15) is 49.8 Å². The van der Waals surface area contributed by atoms with Crippen molar-refractivity contribution in [2.75, 3.05) is 32.1 Å². The van der Waals surface area contributed by atoms with Gasteiger partial charge < -0.3 is 30.4 Å². The molecule has 1 aliphatic rings. The fourth-order valence-electron chi connectivity index (χ4n) is 3.32. The summed E-state index contributed by atoms with van der Waals surface area (Å²) in [6, 6.07) is -0.292. The molecule has 4 N–H and O–H groups in total. The molecule has 0 saturated carbocycles. The van der Waals surface area contributed by atoms with Gasteiger partial charge in [0.25, 0.3) is 11.8 Å². The molecule has 1 fully saturated rings. The summed E-state index contributed by atoms with van der Waals surface area (Å²) >= 11 is 6.95. The first kappa shape index (κ1) is 23.0. The van der Waals surface area contributed by atoms with Crippen molar-refractivity contribution in [3.8, 4) is 0 Å². The minimum Gasteiger partial charge on any atom is -0.477 e. The van der Waals surface area contributed by atoms with Crippen molar-refractivity contribution in [1.29, 1.82) is 0 Å². The van der Waals surface area contributed by atoms with Gasteiger partial charge >= 0.3 is 5.97 Å². The highest BCUT2D eigenvalue weighted by Gasteiger charge is 2.34. The number of thiazole rings is 1. The third-order valence-corrected chi connectivity index (χ3v) is 6.41. The molecule has 0 aromatic carbocycles. The minimum atomic E-state index is -1.21. The highest BCUT2D eigenvalue weighted by Crippen LogP contribution is 2.29. The highest BCUT2D eigenvalue weighted by molar-refractivity contribution is 7.17. The van der Waals surface area contributed by atoms with E-state index in [1.807, 2.05) is 11.8 Å². The Morgan fingerprint density at radius 2 is 2.10 bits per heavy atom. The van der Waals surface area contributed by atoms with E-state index in [1.54, 1.807) is 0 Å². The summed E-state index contributed by atoms with van der Waals surface area (Å²) in [7, 11) is 2.95. The topological polar surface area (TPSA) is 150 Å². The number of carbonyl (C=O) groups is 3. The maximum atomic E-state index is 12.6. The van der Waals surface area contributed by atoms with Crippen LogP contribution < -0.4 is 15.5 Å². The number of H-pyrrole nitrogens is 1. The van der Waals surface area contributed by atoms with E-state index in [4.69, 9.17) is 16.3 Å². The molecule has 13 heteroatoms. The summed E-state index contributed by atoms with van der Waals surface area (Å²) < 4.78 is 5.56. The van der Waals surface area contributed by atoms with Crippen LogP contribution >= 0.6 is 22.9 Å². The molecule has 2 atom stereocenters. The molecule has 2 amide bonds. The van der Waals surface area contributed by atoms with Crippen LogP contribution in [0, 0.1) is 0 Å². The number of imidazole rings is 1. The number of anilines is 1. The fraction of sp³-hybridized carbons (Fsp3) is 0.500. The lowest BCUT2D eigenvalue weighted by Gasteiger charge is -2.37. The molecule has 2 aromatic rings. The standard InChI is InChI=1S/C18H23ClN6O5S/c1-4-8-13(19)24-14(21-8)16(27)22-9-5-6-25(7-10(9)30-3)18-23-11(15(26)20-2)12(31-18)17(28)29/h9-10H,4-7H2,1-3H3,(H,20,26)(H,21,24)(H,22,27)(H,28,29). The Balaban J connectivity index is 1.72. The van der Waals surface area contributed by atoms with Gasteiger partial charge in [-0.15, -0.1) is 0 Å². The lowest BCUT2D eigenvalue weighted by Crippen LogP contribution is -2.55. The normalized spacial score (nSPS) is 18.6. The van der Waals surface area contributed by atoms with E-state index in [2.05, 4.69) is 25.6 Å². The number of aromatic nitrogens is 3. The number of methoxy groups -OCH3 is 1. The number of hydrogen-bond acceptors (Lipinski definition) is 8. The summed E-state index contributed by atoms with van der Waals surface area (Å²) in [6.45, 7) is 2.76. The third kappa shape index (κ3) is 4.81. The largest absolute Gasteiger partial charge is 0.477 e. The van der Waals surface area contributed by atoms with Crippen LogP contribution in [0.4, 0.5) is 5.13 Å². The van der Waals surface area contributed by atoms with Gasteiger partial charge in [0.2, 0.25) is 0 Å². The summed E-state index contributed by atoms with van der Waals surface area (Å²) in [5, 5.41) is 15.4. The number of aryl methyl sites for hydroxylation is 1. The number of carboxylic acid groups (broad SMARTS) is 1. The molecule has 31 heavy (non-hydrogen) atoms. The maximum Gasteiger partial charge on any atom is 0.348 e. The molecule has 1 aliphatic heterocycles. The number of nitrogens with zero attached hydrogens (tertiary/aromatic N) is 3. The Hall–Kier alpha value is -2.70. The Labute approximate surface area is 187 Å². The first-order valence-electron chi connectivity index (χ1n) is 9.58. The summed E-state index contributed by atoms with van der Waals surface area (Å²) in [4.78, 5) is 49.0. The molecule has 3 heterocycles. The molecule has 168 valence electrons. The zero-order valence-electron chi connectivity index (χ0n) is 17.2. The van der Waals surface area contributed by atoms with Crippen molar-refractivity contribution >= 4 is 45.9 Å². The number of aromatic carboxylic acids is 1. The molecule has 1 saturated heterocycles. The Bertz CT molecular complexity index is 992. The minimum absolute atomic E-state index is 0.124. The van der Waals surface area contributed by atoms with Gasteiger partial charge in [-0.2, -0.15) is 0 Å². The van der Waals surface area contributed by atoms with Gasteiger partial charge in [0.15, 0.2) is 21.8 Å². The van der Waals surface area contributed by atoms with Crippen molar-refractivity contribution in [2.45, 2.75) is 31.9 Å². The van der Waals surface area contributed by atoms with Crippen LogP contribution in [0.25, 0.3) is 0 Å². The van der Waals surface area contributed by atoms with Crippen LogP contribution in [0.15, 0.2) is 0 Å². The van der Waals surface area contributed by atoms with Gasteiger partial charge in [-0.05, 0) is 12.8 Å². The van der Waals surface area contributed by atoms with E-state index in [-0.39, 0.29) is 39.6 Å². The molecule has 11 nitrogen and oxygen atoms in total. The van der Waals surface area contributed by atoms with Gasteiger partial charge in [-0.3, -0.25) is 9.59 Å². The number of ether oxygens (including phenoxy) is 1. The number of aromatic amines is 1. The molecule has 2 unspecified atom stereocenters. The number of carbonyl (C=O) groups excluding carboxylic acids is 2. The Morgan fingerprint density at radius 3 is 2.68 bits per heavy atom. The number of halogens is 1. The Kier molecular flexibility index (Phi) is 7.13. The zero-order valence-corrected chi connectivity index (χ0v) is 18.8. The van der Waals surface area contributed by atoms with Crippen LogP contribution in [-0.4, -0.2) is 77.2 Å². The van der Waals surface area contributed by atoms with Gasteiger partial charge in [0.1, 0.15) is 4.88 Å². The van der Waals surface area contributed by atoms with E-state index in [1.165, 1.54) is 14.2 Å². The first-order chi connectivity index (χ1) is 14.8. The molecule has 2 aromatic heterocycles. The first-order valence-corrected chi connectivity index (χ1v) is 10.8. The number of rotatable bonds is 7. The molecular formula is C18H23ClN6O5S. The van der Waals surface area contributed by atoms with E-state index < -0.39 is 11.9 Å². The van der Waals surface area contributed by atoms with Crippen LogP contribution in [-0.2, 0) is 11.2 Å². The van der Waals surface area contributed by atoms with Crippen molar-refractivity contribution < 1.29 is 24.2 Å². The predicted octanol–water partition coefficient (Wildman–Crippen LogP) is 1.16. The third-order valence-electron chi connectivity index (χ3n) is 5.00. The maximum absolute atomic E-state index is 12.6. The number of amides is 2. The highest BCUT2D eigenvalue weighted by atomic mass is 35.5. The number of hydrogen-bond donors (Lipinski definition) is 4. The van der Waals surface area contributed by atoms with Crippen LogP contribution in [0.2, 0.25) is 5.15 Å². The molecule has 0 bridgehead atoms. The second-order valence-electron chi connectivity index (χ2n) is 6.86. The van der Waals surface area contributed by atoms with Gasteiger partial charge in [0.05, 0.1) is 17.8 Å². The molecule has 0 spiro atoms. The molecule has 0 radical (unpaired) electrons. The second-order valence-corrected chi connectivity index (χ2v) is 8.19. The lowest BCUT2D eigenvalue weighted by atomic mass is 10.0. The molecule has 3 rings (SSSR count). The zero-order chi connectivity index (χ0) is 22.7. The van der Waals surface area contributed by atoms with E-state index in [0.717, 1.165) is 11.3 Å². The SMILES string of the molecule is CCc1[nH]c(C(=O)NC2CCN(c3nc(C(=O)NC)c(C(=O)O)s3)CC2OC)nc1Cl. The summed E-state index contributed by atoms with van der Waals surface area (Å²) in [6.07, 6.45) is 0.772. The van der Waals surface area contributed by atoms with Crippen LogP contribution in [0.5, 0.6) is 0 Å². The van der Waals surface area contributed by atoms with Gasteiger partial charge in [0, 0.05) is 27.2 Å². The second kappa shape index (κ2) is 9.62. The summed E-state index contributed by atoms with van der Waals surface area (Å²) in [5.74, 6) is -2.02. The van der Waals surface area contributed by atoms with Crippen molar-refractivity contribution in [3.05, 3.63) is 27.2 Å². The lowest BCUT2D eigenvalue weighted by molar-refractivity contribution is 0.0538.